The van der Waals surface area contributed by atoms with Gasteiger partial charge in [0.15, 0.2) is 0 Å². The van der Waals surface area contributed by atoms with E-state index in [0.717, 1.165) is 25.2 Å². The Balaban J connectivity index is 2.15. The summed E-state index contributed by atoms with van der Waals surface area (Å²) in [7, 11) is -2.05. The van der Waals surface area contributed by atoms with Crippen LogP contribution in [0.3, 0.4) is 0 Å². The molecule has 0 saturated heterocycles. The van der Waals surface area contributed by atoms with E-state index in [1.807, 2.05) is 24.3 Å². The molecular weight excluding hydrogens is 372 g/mol. The SMILES string of the molecule is CCCN(CC(C)C)c1cccc2c1ncn2S(=O)(=O)c1ccccc1NC. The van der Waals surface area contributed by atoms with Gasteiger partial charge in [-0.05, 0) is 36.6 Å². The first-order chi connectivity index (χ1) is 13.4. The Morgan fingerprint density at radius 3 is 2.57 bits per heavy atom. The van der Waals surface area contributed by atoms with Gasteiger partial charge in [0.1, 0.15) is 16.7 Å². The molecule has 7 heteroatoms. The number of nitrogens with zero attached hydrogens (tertiary/aromatic N) is 3. The Labute approximate surface area is 167 Å². The Morgan fingerprint density at radius 2 is 1.89 bits per heavy atom. The van der Waals surface area contributed by atoms with E-state index in [1.165, 1.54) is 10.3 Å². The summed E-state index contributed by atoms with van der Waals surface area (Å²) >= 11 is 0. The minimum atomic E-state index is -3.77. The molecule has 0 unspecified atom stereocenters. The highest BCUT2D eigenvalue weighted by atomic mass is 32.2. The Hall–Kier alpha value is -2.54. The van der Waals surface area contributed by atoms with Crippen molar-refractivity contribution in [2.45, 2.75) is 32.1 Å². The van der Waals surface area contributed by atoms with Gasteiger partial charge in [-0.25, -0.2) is 17.4 Å². The van der Waals surface area contributed by atoms with E-state index in [0.29, 0.717) is 22.6 Å². The Morgan fingerprint density at radius 1 is 1.14 bits per heavy atom. The standard InChI is InChI=1S/C21H28N4O2S/c1-5-13-24(14-16(2)3)18-10-8-11-19-21(18)23-15-25(19)28(26,27)20-12-7-6-9-17(20)22-4/h6-12,15-16,22H,5,13-14H2,1-4H3. The monoisotopic (exact) mass is 400 g/mol. The maximum absolute atomic E-state index is 13.3. The minimum absolute atomic E-state index is 0.231. The zero-order valence-electron chi connectivity index (χ0n) is 16.9. The first-order valence-electron chi connectivity index (χ1n) is 9.63. The van der Waals surface area contributed by atoms with E-state index in [4.69, 9.17) is 0 Å². The molecule has 2 aromatic carbocycles. The fourth-order valence-corrected chi connectivity index (χ4v) is 4.96. The molecule has 0 atom stereocenters. The Bertz CT molecular complexity index is 1060. The van der Waals surface area contributed by atoms with Crippen molar-refractivity contribution in [3.63, 3.8) is 0 Å². The lowest BCUT2D eigenvalue weighted by molar-refractivity contribution is 0.589. The van der Waals surface area contributed by atoms with Crippen LogP contribution in [0.1, 0.15) is 27.2 Å². The molecule has 0 bridgehead atoms. The molecule has 0 radical (unpaired) electrons. The average Bonchev–Trinajstić information content (AvgIpc) is 3.12. The summed E-state index contributed by atoms with van der Waals surface area (Å²) in [5.41, 5.74) is 2.84. The predicted octanol–water partition coefficient (Wildman–Crippen LogP) is 4.19. The molecule has 0 spiro atoms. The second-order valence-electron chi connectivity index (χ2n) is 7.28. The van der Waals surface area contributed by atoms with Crippen LogP contribution in [-0.2, 0) is 10.0 Å². The maximum Gasteiger partial charge on any atom is 0.271 e. The smallest absolute Gasteiger partial charge is 0.271 e. The number of fused-ring (bicyclic) bond motifs is 1. The Kier molecular flexibility index (Phi) is 5.93. The van der Waals surface area contributed by atoms with Gasteiger partial charge in [0, 0.05) is 20.1 Å². The van der Waals surface area contributed by atoms with E-state index in [2.05, 4.69) is 36.0 Å². The molecule has 0 aliphatic heterocycles. The average molecular weight is 401 g/mol. The lowest BCUT2D eigenvalue weighted by Crippen LogP contribution is -2.28. The lowest BCUT2D eigenvalue weighted by Gasteiger charge is -2.26. The van der Waals surface area contributed by atoms with Crippen LogP contribution >= 0.6 is 0 Å². The number of para-hydroxylation sites is 2. The maximum atomic E-state index is 13.3. The quantitative estimate of drug-likeness (QED) is 0.614. The van der Waals surface area contributed by atoms with Crippen molar-refractivity contribution in [2.75, 3.05) is 30.4 Å². The van der Waals surface area contributed by atoms with Crippen molar-refractivity contribution in [3.05, 3.63) is 48.8 Å². The largest absolute Gasteiger partial charge is 0.387 e. The van der Waals surface area contributed by atoms with Gasteiger partial charge < -0.3 is 10.2 Å². The topological polar surface area (TPSA) is 67.2 Å². The number of nitrogens with one attached hydrogen (secondary N) is 1. The number of hydrogen-bond donors (Lipinski definition) is 1. The van der Waals surface area contributed by atoms with Crippen LogP contribution in [0.25, 0.3) is 11.0 Å². The number of rotatable bonds is 8. The fraction of sp³-hybridized carbons (Fsp3) is 0.381. The second-order valence-corrected chi connectivity index (χ2v) is 9.06. The van der Waals surface area contributed by atoms with Crippen LogP contribution in [0.4, 0.5) is 11.4 Å². The number of aromatic nitrogens is 2. The van der Waals surface area contributed by atoms with Gasteiger partial charge >= 0.3 is 0 Å². The third kappa shape index (κ3) is 3.71. The molecular formula is C21H28N4O2S. The summed E-state index contributed by atoms with van der Waals surface area (Å²) in [6.45, 7) is 8.31. The fourth-order valence-electron chi connectivity index (χ4n) is 3.47. The van der Waals surface area contributed by atoms with Gasteiger partial charge in [0.05, 0.1) is 16.9 Å². The third-order valence-electron chi connectivity index (χ3n) is 4.64. The van der Waals surface area contributed by atoms with E-state index in [1.54, 1.807) is 25.2 Å². The van der Waals surface area contributed by atoms with Crippen LogP contribution in [0.2, 0.25) is 0 Å². The molecule has 0 amide bonds. The molecule has 1 N–H and O–H groups in total. The van der Waals surface area contributed by atoms with E-state index in [9.17, 15) is 8.42 Å². The van der Waals surface area contributed by atoms with Crippen molar-refractivity contribution < 1.29 is 8.42 Å². The van der Waals surface area contributed by atoms with E-state index in [-0.39, 0.29) is 4.90 Å². The van der Waals surface area contributed by atoms with Gasteiger partial charge in [-0.3, -0.25) is 0 Å². The van der Waals surface area contributed by atoms with Crippen LogP contribution in [-0.4, -0.2) is 37.5 Å². The second kappa shape index (κ2) is 8.22. The highest BCUT2D eigenvalue weighted by Gasteiger charge is 2.24. The summed E-state index contributed by atoms with van der Waals surface area (Å²) in [6, 6.07) is 12.6. The van der Waals surface area contributed by atoms with Crippen molar-refractivity contribution >= 4 is 32.4 Å². The molecule has 150 valence electrons. The summed E-state index contributed by atoms with van der Waals surface area (Å²) in [6.07, 6.45) is 2.42. The molecule has 0 saturated carbocycles. The normalized spacial score (nSPS) is 11.9. The zero-order chi connectivity index (χ0) is 20.3. The van der Waals surface area contributed by atoms with Crippen LogP contribution < -0.4 is 10.2 Å². The van der Waals surface area contributed by atoms with Gasteiger partial charge in [-0.1, -0.05) is 39.0 Å². The van der Waals surface area contributed by atoms with Crippen LogP contribution in [0, 0.1) is 5.92 Å². The molecule has 3 rings (SSSR count). The summed E-state index contributed by atoms with van der Waals surface area (Å²) in [4.78, 5) is 7.02. The third-order valence-corrected chi connectivity index (χ3v) is 6.36. The minimum Gasteiger partial charge on any atom is -0.387 e. The first-order valence-corrected chi connectivity index (χ1v) is 11.1. The van der Waals surface area contributed by atoms with Gasteiger partial charge in [-0.15, -0.1) is 0 Å². The summed E-state index contributed by atoms with van der Waals surface area (Å²) < 4.78 is 28.0. The summed E-state index contributed by atoms with van der Waals surface area (Å²) in [5.74, 6) is 0.495. The molecule has 28 heavy (non-hydrogen) atoms. The molecule has 0 fully saturated rings. The van der Waals surface area contributed by atoms with Crippen molar-refractivity contribution in [3.8, 4) is 0 Å². The van der Waals surface area contributed by atoms with Crippen molar-refractivity contribution in [1.82, 2.24) is 8.96 Å². The highest BCUT2D eigenvalue weighted by Crippen LogP contribution is 2.30. The van der Waals surface area contributed by atoms with Crippen molar-refractivity contribution in [1.29, 1.82) is 0 Å². The predicted molar refractivity (Wildman–Crippen MR) is 116 cm³/mol. The molecule has 6 nitrogen and oxygen atoms in total. The molecule has 0 aliphatic rings. The number of anilines is 2. The van der Waals surface area contributed by atoms with E-state index < -0.39 is 10.0 Å². The first kappa shape index (κ1) is 20.2. The van der Waals surface area contributed by atoms with Crippen LogP contribution in [0.15, 0.2) is 53.7 Å². The van der Waals surface area contributed by atoms with Crippen LogP contribution in [0.5, 0.6) is 0 Å². The molecule has 1 heterocycles. The molecule has 3 aromatic rings. The zero-order valence-corrected chi connectivity index (χ0v) is 17.7. The number of benzene rings is 2. The van der Waals surface area contributed by atoms with Crippen molar-refractivity contribution in [2.24, 2.45) is 5.92 Å². The van der Waals surface area contributed by atoms with Gasteiger partial charge in [0.2, 0.25) is 0 Å². The van der Waals surface area contributed by atoms with Gasteiger partial charge in [-0.2, -0.15) is 0 Å². The summed E-state index contributed by atoms with van der Waals surface area (Å²) in [5, 5.41) is 2.96. The van der Waals surface area contributed by atoms with Gasteiger partial charge in [0.25, 0.3) is 10.0 Å². The number of imidazole rings is 1. The molecule has 1 aromatic heterocycles. The lowest BCUT2D eigenvalue weighted by atomic mass is 10.1. The highest BCUT2D eigenvalue weighted by molar-refractivity contribution is 7.90. The molecule has 0 aliphatic carbocycles. The number of hydrogen-bond acceptors (Lipinski definition) is 5. The van der Waals surface area contributed by atoms with E-state index >= 15 is 0 Å².